The predicted molar refractivity (Wildman–Crippen MR) is 77.2 cm³/mol. The highest BCUT2D eigenvalue weighted by molar-refractivity contribution is 6.32. The summed E-state index contributed by atoms with van der Waals surface area (Å²) in [7, 11) is 0. The highest BCUT2D eigenvalue weighted by Crippen LogP contribution is 2.33. The van der Waals surface area contributed by atoms with Crippen molar-refractivity contribution in [2.24, 2.45) is 5.73 Å². The fourth-order valence-electron chi connectivity index (χ4n) is 1.79. The van der Waals surface area contributed by atoms with Crippen LogP contribution in [-0.2, 0) is 0 Å². The van der Waals surface area contributed by atoms with Crippen molar-refractivity contribution in [3.8, 4) is 11.5 Å². The van der Waals surface area contributed by atoms with E-state index in [0.717, 1.165) is 0 Å². The summed E-state index contributed by atoms with van der Waals surface area (Å²) < 4.78 is 18.8. The van der Waals surface area contributed by atoms with Crippen LogP contribution in [0.3, 0.4) is 0 Å². The number of nitro groups is 1. The Bertz CT molecular complexity index is 692. The molecule has 110 valence electrons. The highest BCUT2D eigenvalue weighted by Gasteiger charge is 2.15. The number of nitrogens with zero attached hydrogens (tertiary/aromatic N) is 1. The molecule has 5 nitrogen and oxygen atoms in total. The van der Waals surface area contributed by atoms with Crippen molar-refractivity contribution >= 4 is 17.3 Å². The number of ether oxygens (including phenoxy) is 1. The van der Waals surface area contributed by atoms with Gasteiger partial charge in [0.05, 0.1) is 4.92 Å². The standard InChI is InChI=1S/C14H12ClFN2O3/c1-8(17)11-6-9(16)2-5-14(11)21-10-3-4-13(18(19)20)12(15)7-10/h2-8H,17H2,1H3/t8-/m1/s1. The number of hydrogen-bond donors (Lipinski definition) is 1. The van der Waals surface area contributed by atoms with E-state index in [4.69, 9.17) is 22.1 Å². The van der Waals surface area contributed by atoms with E-state index >= 15 is 0 Å². The zero-order valence-electron chi connectivity index (χ0n) is 11.0. The monoisotopic (exact) mass is 310 g/mol. The van der Waals surface area contributed by atoms with Crippen LogP contribution in [0.4, 0.5) is 10.1 Å². The summed E-state index contributed by atoms with van der Waals surface area (Å²) in [5.74, 6) is 0.256. The van der Waals surface area contributed by atoms with Crippen LogP contribution in [0.1, 0.15) is 18.5 Å². The molecule has 0 spiro atoms. The minimum absolute atomic E-state index is 0.0399. The molecule has 7 heteroatoms. The van der Waals surface area contributed by atoms with Gasteiger partial charge in [-0.25, -0.2) is 4.39 Å². The van der Waals surface area contributed by atoms with Crippen LogP contribution < -0.4 is 10.5 Å². The van der Waals surface area contributed by atoms with Gasteiger partial charge in [0.1, 0.15) is 22.3 Å². The lowest BCUT2D eigenvalue weighted by molar-refractivity contribution is -0.384. The molecule has 0 unspecified atom stereocenters. The molecule has 0 aliphatic carbocycles. The maximum Gasteiger partial charge on any atom is 0.288 e. The Morgan fingerprint density at radius 3 is 2.62 bits per heavy atom. The first-order valence-corrected chi connectivity index (χ1v) is 6.43. The van der Waals surface area contributed by atoms with Crippen LogP contribution in [0.2, 0.25) is 5.02 Å². The van der Waals surface area contributed by atoms with Gasteiger partial charge >= 0.3 is 0 Å². The molecule has 0 aromatic heterocycles. The molecule has 2 aromatic carbocycles. The van der Waals surface area contributed by atoms with Crippen molar-refractivity contribution in [2.45, 2.75) is 13.0 Å². The van der Waals surface area contributed by atoms with E-state index in [1.807, 2.05) is 0 Å². The van der Waals surface area contributed by atoms with E-state index < -0.39 is 16.8 Å². The van der Waals surface area contributed by atoms with E-state index in [9.17, 15) is 14.5 Å². The summed E-state index contributed by atoms with van der Waals surface area (Å²) in [6.07, 6.45) is 0. The highest BCUT2D eigenvalue weighted by atomic mass is 35.5. The summed E-state index contributed by atoms with van der Waals surface area (Å²) in [5, 5.41) is 10.7. The van der Waals surface area contributed by atoms with E-state index in [1.54, 1.807) is 6.92 Å². The SMILES string of the molecule is C[C@@H](N)c1cc(F)ccc1Oc1ccc([N+](=O)[O-])c(Cl)c1. The lowest BCUT2D eigenvalue weighted by Crippen LogP contribution is -2.07. The molecule has 0 saturated heterocycles. The normalized spacial score (nSPS) is 12.0. The fraction of sp³-hybridized carbons (Fsp3) is 0.143. The molecule has 2 N–H and O–H groups in total. The molecule has 2 aromatic rings. The van der Waals surface area contributed by atoms with E-state index in [2.05, 4.69) is 0 Å². The largest absolute Gasteiger partial charge is 0.457 e. The first-order chi connectivity index (χ1) is 9.88. The van der Waals surface area contributed by atoms with Gasteiger partial charge in [-0.3, -0.25) is 10.1 Å². The van der Waals surface area contributed by atoms with Gasteiger partial charge in [0.25, 0.3) is 5.69 Å². The van der Waals surface area contributed by atoms with Crippen molar-refractivity contribution in [1.82, 2.24) is 0 Å². The second-order valence-electron chi connectivity index (χ2n) is 4.44. The summed E-state index contributed by atoms with van der Waals surface area (Å²) >= 11 is 5.81. The van der Waals surface area contributed by atoms with Crippen molar-refractivity contribution in [3.05, 3.63) is 62.9 Å². The smallest absolute Gasteiger partial charge is 0.288 e. The van der Waals surface area contributed by atoms with Crippen LogP contribution in [0.15, 0.2) is 36.4 Å². The van der Waals surface area contributed by atoms with Gasteiger partial charge in [0.15, 0.2) is 0 Å². The Balaban J connectivity index is 2.34. The average molecular weight is 311 g/mol. The first-order valence-electron chi connectivity index (χ1n) is 6.05. The average Bonchev–Trinajstić information content (AvgIpc) is 2.40. The number of nitrogens with two attached hydrogens (primary N) is 1. The van der Waals surface area contributed by atoms with Crippen molar-refractivity contribution in [2.75, 3.05) is 0 Å². The van der Waals surface area contributed by atoms with Crippen LogP contribution in [0, 0.1) is 15.9 Å². The van der Waals surface area contributed by atoms with E-state index in [-0.39, 0.29) is 10.7 Å². The molecule has 2 rings (SSSR count). The molecule has 0 aliphatic heterocycles. The van der Waals surface area contributed by atoms with Crippen molar-refractivity contribution < 1.29 is 14.1 Å². The first kappa shape index (κ1) is 15.2. The molecule has 0 bridgehead atoms. The predicted octanol–water partition coefficient (Wildman–Crippen LogP) is 4.20. The zero-order chi connectivity index (χ0) is 15.6. The number of nitro benzene ring substituents is 1. The molecule has 21 heavy (non-hydrogen) atoms. The Hall–Kier alpha value is -2.18. The van der Waals surface area contributed by atoms with Crippen LogP contribution in [0.5, 0.6) is 11.5 Å². The van der Waals surface area contributed by atoms with E-state index in [1.165, 1.54) is 36.4 Å². The van der Waals surface area contributed by atoms with Crippen LogP contribution >= 0.6 is 11.6 Å². The van der Waals surface area contributed by atoms with Gasteiger partial charge in [-0.15, -0.1) is 0 Å². The quantitative estimate of drug-likeness (QED) is 0.678. The Morgan fingerprint density at radius 1 is 1.33 bits per heavy atom. The zero-order valence-corrected chi connectivity index (χ0v) is 11.8. The number of hydrogen-bond acceptors (Lipinski definition) is 4. The van der Waals surface area contributed by atoms with Gasteiger partial charge < -0.3 is 10.5 Å². The molecule has 0 radical (unpaired) electrons. The third kappa shape index (κ3) is 3.48. The van der Waals surface area contributed by atoms with Gasteiger partial charge in [-0.05, 0) is 31.2 Å². The lowest BCUT2D eigenvalue weighted by atomic mass is 10.1. The maximum absolute atomic E-state index is 13.2. The van der Waals surface area contributed by atoms with Gasteiger partial charge in [-0.1, -0.05) is 11.6 Å². The third-order valence-electron chi connectivity index (χ3n) is 2.81. The summed E-state index contributed by atoms with van der Waals surface area (Å²) in [5.41, 5.74) is 6.05. The maximum atomic E-state index is 13.2. The molecule has 0 heterocycles. The molecular weight excluding hydrogens is 299 g/mol. The summed E-state index contributed by atoms with van der Waals surface area (Å²) in [6, 6.07) is 7.54. The second-order valence-corrected chi connectivity index (χ2v) is 4.85. The lowest BCUT2D eigenvalue weighted by Gasteiger charge is -2.14. The molecule has 1 atom stereocenters. The minimum atomic E-state index is -0.586. The van der Waals surface area contributed by atoms with Gasteiger partial charge in [0.2, 0.25) is 0 Å². The van der Waals surface area contributed by atoms with Crippen LogP contribution in [-0.4, -0.2) is 4.92 Å². The number of halogens is 2. The van der Waals surface area contributed by atoms with Gasteiger partial charge in [-0.2, -0.15) is 0 Å². The molecule has 0 aliphatic rings. The van der Waals surface area contributed by atoms with E-state index in [0.29, 0.717) is 17.1 Å². The molecule has 0 amide bonds. The third-order valence-corrected chi connectivity index (χ3v) is 3.11. The molecular formula is C14H12ClFN2O3. The van der Waals surface area contributed by atoms with Crippen molar-refractivity contribution in [3.63, 3.8) is 0 Å². The summed E-state index contributed by atoms with van der Waals surface area (Å²) in [4.78, 5) is 10.1. The topological polar surface area (TPSA) is 78.4 Å². The van der Waals surface area contributed by atoms with Gasteiger partial charge in [0, 0.05) is 23.7 Å². The minimum Gasteiger partial charge on any atom is -0.457 e. The molecule has 0 fully saturated rings. The second kappa shape index (κ2) is 6.07. The number of benzene rings is 2. The Morgan fingerprint density at radius 2 is 2.05 bits per heavy atom. The fourth-order valence-corrected chi connectivity index (χ4v) is 2.03. The number of rotatable bonds is 4. The Labute approximate surface area is 125 Å². The van der Waals surface area contributed by atoms with Crippen molar-refractivity contribution in [1.29, 1.82) is 0 Å². The summed E-state index contributed by atoms with van der Waals surface area (Å²) in [6.45, 7) is 1.70. The van der Waals surface area contributed by atoms with Crippen LogP contribution in [0.25, 0.3) is 0 Å². The molecule has 0 saturated carbocycles. The Kier molecular flexibility index (Phi) is 4.40.